The number of hydrogen-bond donors (Lipinski definition) is 1. The summed E-state index contributed by atoms with van der Waals surface area (Å²) in [6, 6.07) is 2.03. The fraction of sp³-hybridized carbons (Fsp3) is 0.692. The Labute approximate surface area is 109 Å². The lowest BCUT2D eigenvalue weighted by atomic mass is 10.00. The Kier molecular flexibility index (Phi) is 4.36. The van der Waals surface area contributed by atoms with Crippen LogP contribution in [0.5, 0.6) is 0 Å². The van der Waals surface area contributed by atoms with Crippen molar-refractivity contribution in [3.63, 3.8) is 0 Å². The minimum absolute atomic E-state index is 0.684. The molecule has 0 aromatic carbocycles. The topological polar surface area (TPSA) is 50.3 Å². The summed E-state index contributed by atoms with van der Waals surface area (Å²) in [7, 11) is 3.94. The molecule has 0 radical (unpaired) electrons. The lowest BCUT2D eigenvalue weighted by molar-refractivity contribution is 0.0685. The van der Waals surface area contributed by atoms with Crippen LogP contribution in [0.25, 0.3) is 0 Å². The van der Waals surface area contributed by atoms with Gasteiger partial charge in [0.15, 0.2) is 0 Å². The van der Waals surface area contributed by atoms with Crippen LogP contribution < -0.4 is 10.2 Å². The van der Waals surface area contributed by atoms with E-state index in [4.69, 9.17) is 4.74 Å². The molecule has 0 spiro atoms. The molecule has 18 heavy (non-hydrogen) atoms. The van der Waals surface area contributed by atoms with Crippen molar-refractivity contribution >= 4 is 11.8 Å². The largest absolute Gasteiger partial charge is 0.381 e. The third kappa shape index (κ3) is 3.32. The Hall–Kier alpha value is -1.36. The molecule has 5 heteroatoms. The van der Waals surface area contributed by atoms with Gasteiger partial charge >= 0.3 is 0 Å². The number of hydrogen-bond acceptors (Lipinski definition) is 5. The van der Waals surface area contributed by atoms with E-state index in [-0.39, 0.29) is 0 Å². The molecule has 0 unspecified atom stereocenters. The molecule has 0 bridgehead atoms. The fourth-order valence-electron chi connectivity index (χ4n) is 2.27. The average molecular weight is 250 g/mol. The Morgan fingerprint density at radius 2 is 2.11 bits per heavy atom. The van der Waals surface area contributed by atoms with Gasteiger partial charge in [0.05, 0.1) is 0 Å². The normalized spacial score (nSPS) is 16.6. The zero-order valence-electron chi connectivity index (χ0n) is 11.4. The highest BCUT2D eigenvalue weighted by Crippen LogP contribution is 2.19. The van der Waals surface area contributed by atoms with Crippen molar-refractivity contribution in [2.75, 3.05) is 44.1 Å². The molecular formula is C13H22N4O. The van der Waals surface area contributed by atoms with Crippen LogP contribution in [0, 0.1) is 12.8 Å². The van der Waals surface area contributed by atoms with Crippen LogP contribution in [-0.2, 0) is 4.74 Å². The fourth-order valence-corrected chi connectivity index (χ4v) is 2.27. The Morgan fingerprint density at radius 3 is 2.78 bits per heavy atom. The second kappa shape index (κ2) is 6.00. The molecule has 1 saturated heterocycles. The average Bonchev–Trinajstić information content (AvgIpc) is 2.39. The molecule has 0 amide bonds. The summed E-state index contributed by atoms with van der Waals surface area (Å²) in [6.07, 6.45) is 2.29. The zero-order valence-corrected chi connectivity index (χ0v) is 11.4. The highest BCUT2D eigenvalue weighted by atomic mass is 16.5. The maximum absolute atomic E-state index is 5.39. The van der Waals surface area contributed by atoms with Gasteiger partial charge in [0.25, 0.3) is 0 Å². The number of ether oxygens (including phenoxy) is 1. The molecule has 1 aromatic rings. The van der Waals surface area contributed by atoms with E-state index in [1.807, 2.05) is 20.0 Å². The third-order valence-corrected chi connectivity index (χ3v) is 3.33. The lowest BCUT2D eigenvalue weighted by Gasteiger charge is -2.28. The van der Waals surface area contributed by atoms with Crippen molar-refractivity contribution in [1.82, 2.24) is 9.97 Å². The van der Waals surface area contributed by atoms with Crippen molar-refractivity contribution in [2.45, 2.75) is 19.8 Å². The van der Waals surface area contributed by atoms with Crippen molar-refractivity contribution in [3.8, 4) is 0 Å². The summed E-state index contributed by atoms with van der Waals surface area (Å²) in [5.41, 5.74) is 0.989. The van der Waals surface area contributed by atoms with Gasteiger partial charge in [-0.1, -0.05) is 0 Å². The van der Waals surface area contributed by atoms with Gasteiger partial charge in [-0.15, -0.1) is 0 Å². The lowest BCUT2D eigenvalue weighted by Crippen LogP contribution is -2.30. The highest BCUT2D eigenvalue weighted by molar-refractivity contribution is 5.43. The van der Waals surface area contributed by atoms with E-state index in [1.54, 1.807) is 0 Å². The molecule has 1 aromatic heterocycles. The van der Waals surface area contributed by atoms with Crippen LogP contribution in [0.2, 0.25) is 0 Å². The molecule has 0 aliphatic carbocycles. The van der Waals surface area contributed by atoms with Gasteiger partial charge in [-0.25, -0.2) is 4.98 Å². The maximum Gasteiger partial charge on any atom is 0.224 e. The van der Waals surface area contributed by atoms with E-state index in [2.05, 4.69) is 27.2 Å². The minimum atomic E-state index is 0.684. The van der Waals surface area contributed by atoms with Crippen LogP contribution >= 0.6 is 0 Å². The molecule has 5 nitrogen and oxygen atoms in total. The van der Waals surface area contributed by atoms with Crippen molar-refractivity contribution in [2.24, 2.45) is 5.92 Å². The first-order valence-corrected chi connectivity index (χ1v) is 6.51. The summed E-state index contributed by atoms with van der Waals surface area (Å²) in [5, 5.41) is 3.00. The summed E-state index contributed by atoms with van der Waals surface area (Å²) in [5.74, 6) is 2.37. The second-order valence-corrected chi connectivity index (χ2v) is 4.88. The van der Waals surface area contributed by atoms with Crippen LogP contribution in [0.4, 0.5) is 11.8 Å². The van der Waals surface area contributed by atoms with Crippen LogP contribution in [0.1, 0.15) is 18.5 Å². The number of nitrogens with zero attached hydrogens (tertiary/aromatic N) is 3. The Bertz CT molecular complexity index is 391. The molecule has 0 atom stereocenters. The molecule has 100 valence electrons. The van der Waals surface area contributed by atoms with Gasteiger partial charge in [-0.2, -0.15) is 4.98 Å². The van der Waals surface area contributed by atoms with Crippen LogP contribution in [-0.4, -0.2) is 43.8 Å². The minimum Gasteiger partial charge on any atom is -0.381 e. The predicted molar refractivity (Wildman–Crippen MR) is 73.1 cm³/mol. The monoisotopic (exact) mass is 250 g/mol. The van der Waals surface area contributed by atoms with Gasteiger partial charge in [0.1, 0.15) is 5.82 Å². The van der Waals surface area contributed by atoms with Gasteiger partial charge in [0.2, 0.25) is 5.95 Å². The predicted octanol–water partition coefficient (Wildman–Crippen LogP) is 1.69. The summed E-state index contributed by atoms with van der Waals surface area (Å²) >= 11 is 0. The first kappa shape index (κ1) is 13.1. The van der Waals surface area contributed by atoms with Crippen molar-refractivity contribution < 1.29 is 4.74 Å². The third-order valence-electron chi connectivity index (χ3n) is 3.33. The van der Waals surface area contributed by atoms with Gasteiger partial charge in [0, 0.05) is 45.6 Å². The molecule has 1 aliphatic rings. The molecule has 1 fully saturated rings. The first-order valence-electron chi connectivity index (χ1n) is 6.51. The van der Waals surface area contributed by atoms with E-state index in [0.717, 1.165) is 44.1 Å². The number of nitrogens with one attached hydrogen (secondary N) is 1. The standard InChI is InChI=1S/C13H22N4O/c1-10-8-12(16-13(14-2)15-10)17(3)9-11-4-6-18-7-5-11/h8,11H,4-7,9H2,1-3H3,(H,14,15,16). The second-order valence-electron chi connectivity index (χ2n) is 4.88. The van der Waals surface area contributed by atoms with E-state index >= 15 is 0 Å². The number of anilines is 2. The summed E-state index contributed by atoms with van der Waals surface area (Å²) in [6.45, 7) is 4.81. The van der Waals surface area contributed by atoms with Gasteiger partial charge in [-0.3, -0.25) is 0 Å². The molecule has 1 aliphatic heterocycles. The van der Waals surface area contributed by atoms with E-state index in [9.17, 15) is 0 Å². The Morgan fingerprint density at radius 1 is 1.39 bits per heavy atom. The molecule has 1 N–H and O–H groups in total. The highest BCUT2D eigenvalue weighted by Gasteiger charge is 2.17. The van der Waals surface area contributed by atoms with Gasteiger partial charge < -0.3 is 15.0 Å². The maximum atomic E-state index is 5.39. The number of rotatable bonds is 4. The van der Waals surface area contributed by atoms with Crippen LogP contribution in [0.3, 0.4) is 0 Å². The van der Waals surface area contributed by atoms with E-state index in [0.29, 0.717) is 11.9 Å². The van der Waals surface area contributed by atoms with Crippen molar-refractivity contribution in [1.29, 1.82) is 0 Å². The molecule has 0 saturated carbocycles. The van der Waals surface area contributed by atoms with Crippen molar-refractivity contribution in [3.05, 3.63) is 11.8 Å². The molecule has 2 rings (SSSR count). The quantitative estimate of drug-likeness (QED) is 0.881. The van der Waals surface area contributed by atoms with Crippen LogP contribution in [0.15, 0.2) is 6.07 Å². The summed E-state index contributed by atoms with van der Waals surface area (Å²) in [4.78, 5) is 11.0. The Balaban J connectivity index is 2.02. The SMILES string of the molecule is CNc1nc(C)cc(N(C)CC2CCOCC2)n1. The number of aryl methyl sites for hydroxylation is 1. The molecule has 2 heterocycles. The van der Waals surface area contributed by atoms with E-state index in [1.165, 1.54) is 0 Å². The van der Waals surface area contributed by atoms with Gasteiger partial charge in [-0.05, 0) is 25.7 Å². The van der Waals surface area contributed by atoms with E-state index < -0.39 is 0 Å². The first-order chi connectivity index (χ1) is 8.69. The summed E-state index contributed by atoms with van der Waals surface area (Å²) < 4.78 is 5.39. The number of aromatic nitrogens is 2. The zero-order chi connectivity index (χ0) is 13.0. The molecular weight excluding hydrogens is 228 g/mol. The smallest absolute Gasteiger partial charge is 0.224 e.